The molecule has 36 heavy (non-hydrogen) atoms. The van der Waals surface area contributed by atoms with Crippen LogP contribution in [0.4, 0.5) is 5.69 Å². The first-order chi connectivity index (χ1) is 17.2. The first-order valence-corrected chi connectivity index (χ1v) is 12.2. The molecule has 1 atom stereocenters. The molecule has 2 aromatic rings. The van der Waals surface area contributed by atoms with Crippen LogP contribution < -0.4 is 20.1 Å². The molecule has 0 fully saturated rings. The third kappa shape index (κ3) is 5.96. The minimum atomic E-state index is -0.462. The summed E-state index contributed by atoms with van der Waals surface area (Å²) in [6.07, 6.45) is 0. The van der Waals surface area contributed by atoms with Crippen molar-refractivity contribution in [2.24, 2.45) is 5.92 Å². The lowest BCUT2D eigenvalue weighted by Crippen LogP contribution is -2.47. The predicted octanol–water partition coefficient (Wildman–Crippen LogP) is 4.68. The van der Waals surface area contributed by atoms with E-state index in [4.69, 9.17) is 26.4 Å². The van der Waals surface area contributed by atoms with Crippen LogP contribution in [0, 0.1) is 5.92 Å². The van der Waals surface area contributed by atoms with Crippen molar-refractivity contribution in [3.05, 3.63) is 64.9 Å². The molecule has 2 aromatic carbocycles. The Hall–Kier alpha value is -3.59. The van der Waals surface area contributed by atoms with Gasteiger partial charge in [-0.1, -0.05) is 26.0 Å². The number of nitrogens with zero attached hydrogens (tertiary/aromatic N) is 1. The van der Waals surface area contributed by atoms with E-state index in [1.54, 1.807) is 37.4 Å². The minimum absolute atomic E-state index is 0.224. The highest BCUT2D eigenvalue weighted by molar-refractivity contribution is 7.80. The maximum absolute atomic E-state index is 13.1. The summed E-state index contributed by atoms with van der Waals surface area (Å²) in [6, 6.07) is 11.8. The van der Waals surface area contributed by atoms with Crippen molar-refractivity contribution >= 4 is 34.9 Å². The maximum Gasteiger partial charge on any atom is 0.338 e. The molecule has 1 heterocycles. The summed E-state index contributed by atoms with van der Waals surface area (Å²) in [6.45, 7) is 8.81. The van der Waals surface area contributed by atoms with Crippen LogP contribution >= 0.6 is 12.2 Å². The first kappa shape index (κ1) is 27.0. The topological polar surface area (TPSA) is 89.1 Å². The van der Waals surface area contributed by atoms with E-state index in [0.717, 1.165) is 11.3 Å². The van der Waals surface area contributed by atoms with Crippen molar-refractivity contribution in [1.29, 1.82) is 0 Å². The van der Waals surface area contributed by atoms with Crippen LogP contribution in [0.3, 0.4) is 0 Å². The van der Waals surface area contributed by atoms with Crippen LogP contribution in [0.25, 0.3) is 0 Å². The fourth-order valence-corrected chi connectivity index (χ4v) is 4.32. The van der Waals surface area contributed by atoms with Crippen molar-refractivity contribution in [2.75, 3.05) is 32.7 Å². The number of hydrogen-bond donors (Lipinski definition) is 2. The van der Waals surface area contributed by atoms with Gasteiger partial charge in [0.25, 0.3) is 5.91 Å². The second kappa shape index (κ2) is 11.9. The van der Waals surface area contributed by atoms with Crippen molar-refractivity contribution in [2.45, 2.75) is 33.7 Å². The zero-order valence-electron chi connectivity index (χ0n) is 21.5. The SMILES string of the molecule is CCN1C(=S)NC(c2ccc(NC(=O)c3ccc(OC)c(OC)c3)cc2)C(C(=O)OCC(C)C)=C1C. The molecule has 0 spiro atoms. The van der Waals surface area contributed by atoms with E-state index >= 15 is 0 Å². The van der Waals surface area contributed by atoms with Gasteiger partial charge in [-0.3, -0.25) is 4.79 Å². The van der Waals surface area contributed by atoms with E-state index in [-0.39, 0.29) is 17.8 Å². The van der Waals surface area contributed by atoms with E-state index < -0.39 is 6.04 Å². The molecule has 9 heteroatoms. The van der Waals surface area contributed by atoms with Crippen LogP contribution in [0.15, 0.2) is 53.7 Å². The number of esters is 1. The van der Waals surface area contributed by atoms with Gasteiger partial charge < -0.3 is 29.7 Å². The normalized spacial score (nSPS) is 15.5. The van der Waals surface area contributed by atoms with Gasteiger partial charge in [0.15, 0.2) is 16.6 Å². The number of amides is 1. The minimum Gasteiger partial charge on any atom is -0.493 e. The lowest BCUT2D eigenvalue weighted by atomic mass is 9.94. The van der Waals surface area contributed by atoms with Crippen LogP contribution in [0.5, 0.6) is 11.5 Å². The van der Waals surface area contributed by atoms with Crippen molar-refractivity contribution < 1.29 is 23.8 Å². The summed E-state index contributed by atoms with van der Waals surface area (Å²) in [4.78, 5) is 27.7. The van der Waals surface area contributed by atoms with Gasteiger partial charge >= 0.3 is 5.97 Å². The third-order valence-electron chi connectivity index (χ3n) is 5.83. The Bertz CT molecular complexity index is 1160. The molecule has 0 aromatic heterocycles. The molecule has 0 radical (unpaired) electrons. The number of carbonyl (C=O) groups excluding carboxylic acids is 2. The van der Waals surface area contributed by atoms with Crippen LogP contribution in [-0.4, -0.2) is 49.3 Å². The predicted molar refractivity (Wildman–Crippen MR) is 143 cm³/mol. The van der Waals surface area contributed by atoms with Gasteiger partial charge in [0.2, 0.25) is 0 Å². The molecule has 1 aliphatic rings. The molecular formula is C27H33N3O5S. The Labute approximate surface area is 217 Å². The number of carbonyl (C=O) groups is 2. The fourth-order valence-electron chi connectivity index (χ4n) is 3.94. The summed E-state index contributed by atoms with van der Waals surface area (Å²) in [7, 11) is 3.06. The molecule has 2 N–H and O–H groups in total. The molecule has 0 saturated carbocycles. The highest BCUT2D eigenvalue weighted by Crippen LogP contribution is 2.32. The molecule has 1 aliphatic heterocycles. The van der Waals surface area contributed by atoms with Crippen LogP contribution in [0.1, 0.15) is 49.7 Å². The molecule has 1 amide bonds. The lowest BCUT2D eigenvalue weighted by molar-refractivity contribution is -0.140. The number of rotatable bonds is 9. The van der Waals surface area contributed by atoms with Gasteiger partial charge in [0, 0.05) is 23.5 Å². The van der Waals surface area contributed by atoms with E-state index in [1.165, 1.54) is 7.11 Å². The summed E-state index contributed by atoms with van der Waals surface area (Å²) in [5.74, 6) is 0.587. The Balaban J connectivity index is 1.83. The van der Waals surface area contributed by atoms with Crippen molar-refractivity contribution in [3.63, 3.8) is 0 Å². The van der Waals surface area contributed by atoms with Crippen LogP contribution in [-0.2, 0) is 9.53 Å². The largest absolute Gasteiger partial charge is 0.493 e. The molecule has 3 rings (SSSR count). The number of thiocarbonyl (C=S) groups is 1. The number of benzene rings is 2. The Kier molecular flexibility index (Phi) is 8.93. The molecule has 0 saturated heterocycles. The number of allylic oxidation sites excluding steroid dienone is 1. The first-order valence-electron chi connectivity index (χ1n) is 11.8. The summed E-state index contributed by atoms with van der Waals surface area (Å²) in [5, 5.41) is 6.71. The Morgan fingerprint density at radius 1 is 1.08 bits per heavy atom. The number of hydrogen-bond acceptors (Lipinski definition) is 6. The number of methoxy groups -OCH3 is 2. The summed E-state index contributed by atoms with van der Waals surface area (Å²) >= 11 is 5.55. The van der Waals surface area contributed by atoms with E-state index in [9.17, 15) is 9.59 Å². The second-order valence-electron chi connectivity index (χ2n) is 8.76. The zero-order chi connectivity index (χ0) is 26.4. The highest BCUT2D eigenvalue weighted by Gasteiger charge is 2.34. The molecule has 1 unspecified atom stereocenters. The molecular weight excluding hydrogens is 478 g/mol. The number of anilines is 1. The highest BCUT2D eigenvalue weighted by atomic mass is 32.1. The van der Waals surface area contributed by atoms with Crippen LogP contribution in [0.2, 0.25) is 0 Å². The Morgan fingerprint density at radius 3 is 2.33 bits per heavy atom. The monoisotopic (exact) mass is 511 g/mol. The Morgan fingerprint density at radius 2 is 1.75 bits per heavy atom. The molecule has 192 valence electrons. The van der Waals surface area contributed by atoms with Crippen molar-refractivity contribution in [3.8, 4) is 11.5 Å². The van der Waals surface area contributed by atoms with E-state index in [0.29, 0.717) is 46.6 Å². The van der Waals surface area contributed by atoms with E-state index in [1.807, 2.05) is 44.7 Å². The second-order valence-corrected chi connectivity index (χ2v) is 9.15. The van der Waals surface area contributed by atoms with Gasteiger partial charge in [-0.15, -0.1) is 0 Å². The van der Waals surface area contributed by atoms with Crippen molar-refractivity contribution in [1.82, 2.24) is 10.2 Å². The number of ether oxygens (including phenoxy) is 3. The average molecular weight is 512 g/mol. The molecule has 0 aliphatic carbocycles. The van der Waals surface area contributed by atoms with Gasteiger partial charge in [-0.25, -0.2) is 4.79 Å². The fraction of sp³-hybridized carbons (Fsp3) is 0.370. The number of nitrogens with one attached hydrogen (secondary N) is 2. The molecule has 0 bridgehead atoms. The lowest BCUT2D eigenvalue weighted by Gasteiger charge is -2.37. The smallest absolute Gasteiger partial charge is 0.338 e. The van der Waals surface area contributed by atoms with Gasteiger partial charge in [-0.2, -0.15) is 0 Å². The van der Waals surface area contributed by atoms with E-state index in [2.05, 4.69) is 10.6 Å². The molecule has 8 nitrogen and oxygen atoms in total. The average Bonchev–Trinajstić information content (AvgIpc) is 2.87. The van der Waals surface area contributed by atoms with Gasteiger partial charge in [0.1, 0.15) is 0 Å². The quantitative estimate of drug-likeness (QED) is 0.371. The maximum atomic E-state index is 13.1. The third-order valence-corrected chi connectivity index (χ3v) is 6.17. The standard InChI is InChI=1S/C27H33N3O5S/c1-7-30-17(4)23(26(32)35-15-16(2)3)24(29-27(30)36)18-8-11-20(12-9-18)28-25(31)19-10-13-21(33-5)22(14-19)34-6/h8-14,16,24H,7,15H2,1-6H3,(H,28,31)(H,29,36). The summed E-state index contributed by atoms with van der Waals surface area (Å²) < 4.78 is 16.1. The van der Waals surface area contributed by atoms with Gasteiger partial charge in [-0.05, 0) is 67.9 Å². The zero-order valence-corrected chi connectivity index (χ0v) is 22.3. The summed E-state index contributed by atoms with van der Waals surface area (Å²) in [5.41, 5.74) is 3.16. The van der Waals surface area contributed by atoms with Gasteiger partial charge in [0.05, 0.1) is 32.4 Å².